The monoisotopic (exact) mass is 172 g/mol. The van der Waals surface area contributed by atoms with Crippen LogP contribution < -0.4 is 0 Å². The van der Waals surface area contributed by atoms with Crippen molar-refractivity contribution in [2.24, 2.45) is 11.3 Å². The van der Waals surface area contributed by atoms with E-state index in [9.17, 15) is 4.79 Å². The lowest BCUT2D eigenvalue weighted by Crippen LogP contribution is -2.42. The molecule has 0 N–H and O–H groups in total. The number of hydrogen-bond donors (Lipinski definition) is 0. The van der Waals surface area contributed by atoms with Crippen molar-refractivity contribution >= 4 is 5.97 Å². The first-order chi connectivity index (χ1) is 5.41. The molecule has 2 atom stereocenters. The Morgan fingerprint density at radius 3 is 2.42 bits per heavy atom. The number of rotatable bonds is 0. The number of cyclic esters (lactones) is 1. The normalized spacial score (nSPS) is 31.5. The van der Waals surface area contributed by atoms with Gasteiger partial charge in [0, 0.05) is 5.41 Å². The summed E-state index contributed by atoms with van der Waals surface area (Å²) in [6, 6.07) is 0. The minimum atomic E-state index is -0.388. The van der Waals surface area contributed by atoms with Crippen LogP contribution in [-0.4, -0.2) is 18.9 Å². The number of hydrogen-bond acceptors (Lipinski definition) is 3. The molecular weight excluding hydrogens is 156 g/mol. The van der Waals surface area contributed by atoms with E-state index in [0.29, 0.717) is 6.61 Å². The third-order valence-electron chi connectivity index (χ3n) is 1.83. The first kappa shape index (κ1) is 9.52. The Bertz CT molecular complexity index is 181. The second-order valence-electron chi connectivity index (χ2n) is 4.37. The van der Waals surface area contributed by atoms with Gasteiger partial charge in [-0.2, -0.15) is 0 Å². The molecule has 1 heterocycles. The third kappa shape index (κ3) is 1.97. The molecule has 0 spiro atoms. The van der Waals surface area contributed by atoms with Crippen LogP contribution in [0.2, 0.25) is 0 Å². The van der Waals surface area contributed by atoms with E-state index in [1.807, 2.05) is 20.8 Å². The lowest BCUT2D eigenvalue weighted by molar-refractivity contribution is -0.233. The van der Waals surface area contributed by atoms with E-state index in [-0.39, 0.29) is 23.6 Å². The van der Waals surface area contributed by atoms with Gasteiger partial charge < -0.3 is 9.47 Å². The van der Waals surface area contributed by atoms with Gasteiger partial charge in [0.15, 0.2) is 0 Å². The van der Waals surface area contributed by atoms with Gasteiger partial charge in [-0.05, 0) is 6.92 Å². The Kier molecular flexibility index (Phi) is 2.42. The average Bonchev–Trinajstić information content (AvgIpc) is 1.92. The van der Waals surface area contributed by atoms with Crippen molar-refractivity contribution < 1.29 is 14.3 Å². The van der Waals surface area contributed by atoms with Crippen molar-refractivity contribution in [1.82, 2.24) is 0 Å². The summed E-state index contributed by atoms with van der Waals surface area (Å²) in [5, 5.41) is 0. The molecule has 3 heteroatoms. The van der Waals surface area contributed by atoms with E-state index < -0.39 is 0 Å². The zero-order chi connectivity index (χ0) is 9.35. The van der Waals surface area contributed by atoms with Gasteiger partial charge in [0.2, 0.25) is 6.29 Å². The summed E-state index contributed by atoms with van der Waals surface area (Å²) in [6.07, 6.45) is -0.388. The molecule has 70 valence electrons. The number of esters is 1. The Morgan fingerprint density at radius 2 is 2.00 bits per heavy atom. The maximum Gasteiger partial charge on any atom is 0.313 e. The summed E-state index contributed by atoms with van der Waals surface area (Å²) < 4.78 is 10.5. The van der Waals surface area contributed by atoms with Gasteiger partial charge in [-0.25, -0.2) is 0 Å². The fourth-order valence-corrected chi connectivity index (χ4v) is 0.982. The molecule has 0 aromatic rings. The Labute approximate surface area is 73.0 Å². The molecule has 0 aromatic carbocycles. The van der Waals surface area contributed by atoms with Gasteiger partial charge >= 0.3 is 5.97 Å². The first-order valence-electron chi connectivity index (χ1n) is 4.23. The predicted molar refractivity (Wildman–Crippen MR) is 44.5 cm³/mol. The quantitative estimate of drug-likeness (QED) is 0.520. The van der Waals surface area contributed by atoms with Gasteiger partial charge in [-0.3, -0.25) is 4.79 Å². The van der Waals surface area contributed by atoms with Crippen molar-refractivity contribution in [3.8, 4) is 0 Å². The van der Waals surface area contributed by atoms with Crippen molar-refractivity contribution in [1.29, 1.82) is 0 Å². The Balaban J connectivity index is 2.57. The highest BCUT2D eigenvalue weighted by molar-refractivity contribution is 5.72. The molecule has 0 bridgehead atoms. The van der Waals surface area contributed by atoms with E-state index in [1.165, 1.54) is 0 Å². The Hall–Kier alpha value is -0.570. The molecule has 0 radical (unpaired) electrons. The highest BCUT2D eigenvalue weighted by Crippen LogP contribution is 2.27. The van der Waals surface area contributed by atoms with Crippen molar-refractivity contribution in [2.45, 2.75) is 34.0 Å². The van der Waals surface area contributed by atoms with Gasteiger partial charge in [0.25, 0.3) is 0 Å². The minimum absolute atomic E-state index is 0.122. The van der Waals surface area contributed by atoms with Crippen LogP contribution in [0, 0.1) is 11.3 Å². The van der Waals surface area contributed by atoms with Gasteiger partial charge in [-0.15, -0.1) is 0 Å². The standard InChI is InChI=1S/C9H16O3/c1-6-5-11-8(9(2,3)4)12-7(6)10/h6,8H,5H2,1-4H3/t6-,8+/m0/s1. The van der Waals surface area contributed by atoms with Crippen LogP contribution >= 0.6 is 0 Å². The van der Waals surface area contributed by atoms with Crippen LogP contribution in [-0.2, 0) is 14.3 Å². The van der Waals surface area contributed by atoms with Crippen molar-refractivity contribution in [2.75, 3.05) is 6.61 Å². The summed E-state index contributed by atoms with van der Waals surface area (Å²) in [4.78, 5) is 11.1. The third-order valence-corrected chi connectivity index (χ3v) is 1.83. The van der Waals surface area contributed by atoms with Gasteiger partial charge in [0.1, 0.15) is 0 Å². The molecule has 12 heavy (non-hydrogen) atoms. The lowest BCUT2D eigenvalue weighted by Gasteiger charge is -2.34. The van der Waals surface area contributed by atoms with E-state index >= 15 is 0 Å². The molecule has 0 unspecified atom stereocenters. The molecule has 1 fully saturated rings. The van der Waals surface area contributed by atoms with Crippen LogP contribution in [0.3, 0.4) is 0 Å². The Morgan fingerprint density at radius 1 is 1.42 bits per heavy atom. The highest BCUT2D eigenvalue weighted by atomic mass is 16.7. The van der Waals surface area contributed by atoms with E-state index in [1.54, 1.807) is 6.92 Å². The van der Waals surface area contributed by atoms with Crippen LogP contribution in [0.15, 0.2) is 0 Å². The van der Waals surface area contributed by atoms with Crippen molar-refractivity contribution in [3.63, 3.8) is 0 Å². The van der Waals surface area contributed by atoms with E-state index in [4.69, 9.17) is 9.47 Å². The molecule has 1 rings (SSSR count). The highest BCUT2D eigenvalue weighted by Gasteiger charge is 2.35. The topological polar surface area (TPSA) is 35.5 Å². The minimum Gasteiger partial charge on any atom is -0.435 e. The second-order valence-corrected chi connectivity index (χ2v) is 4.37. The van der Waals surface area contributed by atoms with Crippen LogP contribution in [0.25, 0.3) is 0 Å². The first-order valence-corrected chi connectivity index (χ1v) is 4.23. The molecule has 0 aromatic heterocycles. The number of carbonyl (C=O) groups excluding carboxylic acids is 1. The molecule has 0 amide bonds. The van der Waals surface area contributed by atoms with Gasteiger partial charge in [0.05, 0.1) is 12.5 Å². The molecule has 1 saturated heterocycles. The average molecular weight is 172 g/mol. The van der Waals surface area contributed by atoms with Crippen LogP contribution in [0.4, 0.5) is 0 Å². The fraction of sp³-hybridized carbons (Fsp3) is 0.889. The molecule has 1 aliphatic rings. The molecule has 0 saturated carbocycles. The van der Waals surface area contributed by atoms with Crippen molar-refractivity contribution in [3.05, 3.63) is 0 Å². The number of ether oxygens (including phenoxy) is 2. The van der Waals surface area contributed by atoms with Crippen LogP contribution in [0.5, 0.6) is 0 Å². The largest absolute Gasteiger partial charge is 0.435 e. The molecule has 0 aliphatic carbocycles. The zero-order valence-electron chi connectivity index (χ0n) is 8.09. The molecule has 1 aliphatic heterocycles. The second kappa shape index (κ2) is 3.05. The van der Waals surface area contributed by atoms with Gasteiger partial charge in [-0.1, -0.05) is 20.8 Å². The van der Waals surface area contributed by atoms with E-state index in [0.717, 1.165) is 0 Å². The summed E-state index contributed by atoms with van der Waals surface area (Å²) in [7, 11) is 0. The van der Waals surface area contributed by atoms with E-state index in [2.05, 4.69) is 0 Å². The zero-order valence-corrected chi connectivity index (χ0v) is 8.09. The summed E-state index contributed by atoms with van der Waals surface area (Å²) in [6.45, 7) is 8.24. The fourth-order valence-electron chi connectivity index (χ4n) is 0.982. The summed E-state index contributed by atoms with van der Waals surface area (Å²) >= 11 is 0. The maximum atomic E-state index is 11.1. The summed E-state index contributed by atoms with van der Waals surface area (Å²) in [5.74, 6) is -0.273. The summed E-state index contributed by atoms with van der Waals surface area (Å²) in [5.41, 5.74) is -0.129. The predicted octanol–water partition coefficient (Wildman–Crippen LogP) is 1.57. The number of carbonyl (C=O) groups is 1. The molecular formula is C9H16O3. The lowest BCUT2D eigenvalue weighted by atomic mass is 9.95. The molecule has 3 nitrogen and oxygen atoms in total. The smallest absolute Gasteiger partial charge is 0.313 e. The van der Waals surface area contributed by atoms with Crippen LogP contribution in [0.1, 0.15) is 27.7 Å². The maximum absolute atomic E-state index is 11.1. The SMILES string of the molecule is C[C@H]1CO[C@@H](C(C)(C)C)OC1=O.